The van der Waals surface area contributed by atoms with Gasteiger partial charge in [-0.05, 0) is 55.5 Å². The standard InChI is InChI=1S/C27H28N4O4S2/c1-5-30(37(4,33)34)20-13-15-21(16-14-20)31(27(32)35-29-19-9-8-12-26(29)36)25-18-17-24(28(2)3)22-10-6-7-11-23(22)25/h6-19H,5H2,1-4H3. The Kier molecular flexibility index (Phi) is 7.51. The number of carbonyl (C=O) groups excluding carboxylic acids is 1. The van der Waals surface area contributed by atoms with Gasteiger partial charge in [-0.15, -0.1) is 0 Å². The van der Waals surface area contributed by atoms with Crippen molar-refractivity contribution < 1.29 is 18.0 Å². The van der Waals surface area contributed by atoms with Crippen molar-refractivity contribution in [1.82, 2.24) is 4.73 Å². The van der Waals surface area contributed by atoms with Gasteiger partial charge in [0.1, 0.15) is 4.64 Å². The minimum Gasteiger partial charge on any atom is -0.377 e. The SMILES string of the molecule is CCN(c1ccc(N(C(=O)On2ccccc2=S)c2ccc(N(C)C)c3ccccc23)cc1)S(C)(=O)=O. The van der Waals surface area contributed by atoms with Gasteiger partial charge in [0.05, 0.1) is 23.3 Å². The normalized spacial score (nSPS) is 11.2. The zero-order valence-electron chi connectivity index (χ0n) is 21.0. The molecule has 1 aromatic heterocycles. The van der Waals surface area contributed by atoms with E-state index in [0.717, 1.165) is 22.7 Å². The van der Waals surface area contributed by atoms with Gasteiger partial charge in [-0.1, -0.05) is 42.5 Å². The third kappa shape index (κ3) is 5.45. The molecule has 0 atom stereocenters. The van der Waals surface area contributed by atoms with Crippen molar-refractivity contribution in [2.24, 2.45) is 0 Å². The van der Waals surface area contributed by atoms with Crippen LogP contribution >= 0.6 is 12.2 Å². The first-order valence-corrected chi connectivity index (χ1v) is 13.8. The molecule has 0 aliphatic rings. The first-order valence-electron chi connectivity index (χ1n) is 11.6. The number of hydrogen-bond donors (Lipinski definition) is 0. The third-order valence-corrected chi connectivity index (χ3v) is 7.42. The van der Waals surface area contributed by atoms with Crippen molar-refractivity contribution >= 4 is 61.9 Å². The molecule has 192 valence electrons. The summed E-state index contributed by atoms with van der Waals surface area (Å²) in [4.78, 5) is 22.8. The van der Waals surface area contributed by atoms with Gasteiger partial charge >= 0.3 is 6.09 Å². The fourth-order valence-electron chi connectivity index (χ4n) is 4.18. The molecule has 0 spiro atoms. The highest BCUT2D eigenvalue weighted by atomic mass is 32.2. The zero-order chi connectivity index (χ0) is 26.7. The summed E-state index contributed by atoms with van der Waals surface area (Å²) in [5, 5.41) is 1.81. The fraction of sp³-hybridized carbons (Fsp3) is 0.185. The molecule has 0 N–H and O–H groups in total. The Hall–Kier alpha value is -3.89. The molecule has 0 aliphatic heterocycles. The molecular formula is C27H28N4O4S2. The summed E-state index contributed by atoms with van der Waals surface area (Å²) in [5.74, 6) is 0. The van der Waals surface area contributed by atoms with E-state index in [1.807, 2.05) is 55.4 Å². The Balaban J connectivity index is 1.87. The number of anilines is 4. The molecule has 0 unspecified atom stereocenters. The van der Waals surface area contributed by atoms with Crippen molar-refractivity contribution in [3.05, 3.63) is 89.7 Å². The van der Waals surface area contributed by atoms with Gasteiger partial charge in [0.15, 0.2) is 0 Å². The quantitative estimate of drug-likeness (QED) is 0.286. The number of hydrogen-bond acceptors (Lipinski definition) is 6. The van der Waals surface area contributed by atoms with Crippen LogP contribution in [0.25, 0.3) is 10.8 Å². The van der Waals surface area contributed by atoms with Crippen LogP contribution in [0.1, 0.15) is 6.92 Å². The highest BCUT2D eigenvalue weighted by molar-refractivity contribution is 7.92. The number of pyridine rings is 1. The first-order chi connectivity index (χ1) is 17.6. The van der Waals surface area contributed by atoms with E-state index in [0.29, 0.717) is 21.7 Å². The van der Waals surface area contributed by atoms with Crippen LogP contribution in [0.2, 0.25) is 0 Å². The Morgan fingerprint density at radius 2 is 1.43 bits per heavy atom. The van der Waals surface area contributed by atoms with Crippen LogP contribution in [0.3, 0.4) is 0 Å². The zero-order valence-corrected chi connectivity index (χ0v) is 22.7. The van der Waals surface area contributed by atoms with Crippen LogP contribution < -0.4 is 18.9 Å². The molecule has 0 saturated heterocycles. The molecule has 8 nitrogen and oxygen atoms in total. The average molecular weight is 537 g/mol. The van der Waals surface area contributed by atoms with Crippen molar-refractivity contribution in [2.75, 3.05) is 41.0 Å². The second kappa shape index (κ2) is 10.6. The smallest absolute Gasteiger partial charge is 0.377 e. The van der Waals surface area contributed by atoms with Gasteiger partial charge in [-0.25, -0.2) is 18.1 Å². The molecule has 37 heavy (non-hydrogen) atoms. The van der Waals surface area contributed by atoms with Crippen molar-refractivity contribution in [3.63, 3.8) is 0 Å². The Labute approximate surface area is 221 Å². The van der Waals surface area contributed by atoms with Crippen LogP contribution in [0.5, 0.6) is 0 Å². The topological polar surface area (TPSA) is 75.1 Å². The molecule has 4 aromatic rings. The minimum atomic E-state index is -3.45. The van der Waals surface area contributed by atoms with E-state index in [-0.39, 0.29) is 6.54 Å². The van der Waals surface area contributed by atoms with Gasteiger partial charge < -0.3 is 9.74 Å². The van der Waals surface area contributed by atoms with Gasteiger partial charge in [0.25, 0.3) is 0 Å². The van der Waals surface area contributed by atoms with E-state index >= 15 is 0 Å². The van der Waals surface area contributed by atoms with Crippen LogP contribution in [0.4, 0.5) is 27.5 Å². The number of sulfonamides is 1. The Bertz CT molecular complexity index is 1600. The maximum Gasteiger partial charge on any atom is 0.443 e. The summed E-state index contributed by atoms with van der Waals surface area (Å²) < 4.78 is 27.3. The van der Waals surface area contributed by atoms with E-state index in [9.17, 15) is 13.2 Å². The lowest BCUT2D eigenvalue weighted by Crippen LogP contribution is -2.34. The summed E-state index contributed by atoms with van der Waals surface area (Å²) >= 11 is 5.31. The number of nitrogens with zero attached hydrogens (tertiary/aromatic N) is 4. The van der Waals surface area contributed by atoms with Gasteiger partial charge in [0.2, 0.25) is 10.0 Å². The minimum absolute atomic E-state index is 0.285. The second-order valence-electron chi connectivity index (χ2n) is 8.55. The predicted molar refractivity (Wildman–Crippen MR) is 152 cm³/mol. The molecular weight excluding hydrogens is 508 g/mol. The number of carbonyl (C=O) groups is 1. The van der Waals surface area contributed by atoms with Gasteiger partial charge in [-0.3, -0.25) is 4.31 Å². The summed E-state index contributed by atoms with van der Waals surface area (Å²) in [6.07, 6.45) is 2.06. The average Bonchev–Trinajstić information content (AvgIpc) is 2.86. The molecule has 0 radical (unpaired) electrons. The van der Waals surface area contributed by atoms with E-state index in [1.54, 1.807) is 55.6 Å². The van der Waals surface area contributed by atoms with Crippen LogP contribution in [0, 0.1) is 4.64 Å². The molecule has 0 aliphatic carbocycles. The lowest BCUT2D eigenvalue weighted by Gasteiger charge is -2.26. The largest absolute Gasteiger partial charge is 0.443 e. The maximum absolute atomic E-state index is 13.7. The monoisotopic (exact) mass is 536 g/mol. The van der Waals surface area contributed by atoms with E-state index < -0.39 is 16.1 Å². The van der Waals surface area contributed by atoms with Crippen molar-refractivity contribution in [3.8, 4) is 0 Å². The number of rotatable bonds is 7. The summed E-state index contributed by atoms with van der Waals surface area (Å²) in [5.41, 5.74) is 2.61. The highest BCUT2D eigenvalue weighted by Crippen LogP contribution is 2.37. The van der Waals surface area contributed by atoms with E-state index in [1.165, 1.54) is 13.9 Å². The molecule has 4 rings (SSSR count). The van der Waals surface area contributed by atoms with Crippen molar-refractivity contribution in [2.45, 2.75) is 6.92 Å². The summed E-state index contributed by atoms with van der Waals surface area (Å²) in [6.45, 7) is 2.05. The van der Waals surface area contributed by atoms with Crippen LogP contribution in [-0.4, -0.2) is 46.1 Å². The Morgan fingerprint density at radius 1 is 0.865 bits per heavy atom. The molecule has 1 amide bonds. The van der Waals surface area contributed by atoms with Crippen molar-refractivity contribution in [1.29, 1.82) is 0 Å². The number of aromatic nitrogens is 1. The van der Waals surface area contributed by atoms with Gasteiger partial charge in [-0.2, -0.15) is 4.73 Å². The van der Waals surface area contributed by atoms with Crippen LogP contribution in [0.15, 0.2) is 85.1 Å². The second-order valence-corrected chi connectivity index (χ2v) is 10.9. The molecule has 0 saturated carbocycles. The number of benzene rings is 3. The molecule has 1 heterocycles. The molecule has 3 aromatic carbocycles. The predicted octanol–water partition coefficient (Wildman–Crippen LogP) is 5.61. The van der Waals surface area contributed by atoms with E-state index in [2.05, 4.69) is 0 Å². The lowest BCUT2D eigenvalue weighted by atomic mass is 10.0. The maximum atomic E-state index is 13.7. The summed E-state index contributed by atoms with van der Waals surface area (Å²) in [7, 11) is 0.478. The Morgan fingerprint density at radius 3 is 2.00 bits per heavy atom. The fourth-order valence-corrected chi connectivity index (χ4v) is 5.34. The van der Waals surface area contributed by atoms with Gasteiger partial charge in [0, 0.05) is 43.3 Å². The van der Waals surface area contributed by atoms with Crippen LogP contribution in [-0.2, 0) is 10.0 Å². The molecule has 0 bridgehead atoms. The van der Waals surface area contributed by atoms with E-state index in [4.69, 9.17) is 17.1 Å². The summed E-state index contributed by atoms with van der Waals surface area (Å²) in [6, 6.07) is 23.5. The number of amides is 1. The lowest BCUT2D eigenvalue weighted by molar-refractivity contribution is 0.140. The number of fused-ring (bicyclic) bond motifs is 1. The molecule has 0 fully saturated rings. The molecule has 10 heteroatoms. The first kappa shape index (κ1) is 26.2. The third-order valence-electron chi connectivity index (χ3n) is 5.83. The highest BCUT2D eigenvalue weighted by Gasteiger charge is 2.25.